The highest BCUT2D eigenvalue weighted by Crippen LogP contribution is 2.14. The minimum Gasteiger partial charge on any atom is -0.444 e. The van der Waals surface area contributed by atoms with Crippen LogP contribution in [0.4, 0.5) is 10.6 Å². The molecule has 0 saturated heterocycles. The van der Waals surface area contributed by atoms with Crippen molar-refractivity contribution in [2.24, 2.45) is 7.05 Å². The van der Waals surface area contributed by atoms with Gasteiger partial charge in [0.25, 0.3) is 0 Å². The summed E-state index contributed by atoms with van der Waals surface area (Å²) < 4.78 is 6.65. The molecule has 0 radical (unpaired) electrons. The summed E-state index contributed by atoms with van der Waals surface area (Å²) in [7, 11) is 1.62. The van der Waals surface area contributed by atoms with Gasteiger partial charge in [0.1, 0.15) is 29.1 Å². The molecule has 8 nitrogen and oxygen atoms in total. The summed E-state index contributed by atoms with van der Waals surface area (Å²) in [5.74, 6) is -0.198. The molecule has 2 rings (SSSR count). The van der Waals surface area contributed by atoms with Crippen LogP contribution in [-0.4, -0.2) is 33.4 Å². The van der Waals surface area contributed by atoms with E-state index in [4.69, 9.17) is 10.00 Å². The lowest BCUT2D eigenvalue weighted by molar-refractivity contribution is -0.118. The Balaban J connectivity index is 2.20. The van der Waals surface area contributed by atoms with Gasteiger partial charge in [0.05, 0.1) is 6.20 Å². The molecule has 2 aromatic rings. The normalized spacial score (nSPS) is 12.0. The van der Waals surface area contributed by atoms with Crippen molar-refractivity contribution in [2.75, 3.05) is 5.32 Å². The summed E-state index contributed by atoms with van der Waals surface area (Å²) >= 11 is 0. The Morgan fingerprint density at radius 1 is 1.30 bits per heavy atom. The predicted molar refractivity (Wildman–Crippen MR) is 99.9 cm³/mol. The van der Waals surface area contributed by atoms with Gasteiger partial charge in [-0.1, -0.05) is 30.3 Å². The molecule has 0 aliphatic carbocycles. The zero-order valence-electron chi connectivity index (χ0n) is 15.8. The van der Waals surface area contributed by atoms with Gasteiger partial charge in [0.15, 0.2) is 0 Å². The fourth-order valence-electron chi connectivity index (χ4n) is 2.38. The van der Waals surface area contributed by atoms with Crippen LogP contribution in [0, 0.1) is 11.3 Å². The molecule has 0 fully saturated rings. The highest BCUT2D eigenvalue weighted by Gasteiger charge is 2.26. The molecule has 0 aliphatic heterocycles. The fourth-order valence-corrected chi connectivity index (χ4v) is 2.38. The summed E-state index contributed by atoms with van der Waals surface area (Å²) in [5, 5.41) is 18.4. The van der Waals surface area contributed by atoms with E-state index in [9.17, 15) is 9.59 Å². The number of amides is 2. The number of carbonyl (C=O) groups excluding carboxylic acids is 2. The lowest BCUT2D eigenvalue weighted by Gasteiger charge is -2.23. The summed E-state index contributed by atoms with van der Waals surface area (Å²) in [6, 6.07) is 10.4. The zero-order chi connectivity index (χ0) is 20.0. The second kappa shape index (κ2) is 8.36. The van der Waals surface area contributed by atoms with E-state index in [-0.39, 0.29) is 17.8 Å². The molecule has 1 atom stereocenters. The molecule has 142 valence electrons. The Kier molecular flexibility index (Phi) is 6.19. The molecule has 1 unspecified atom stereocenters. The number of anilines is 1. The lowest BCUT2D eigenvalue weighted by atomic mass is 10.1. The number of nitrogens with zero attached hydrogens (tertiary/aromatic N) is 3. The highest BCUT2D eigenvalue weighted by molar-refractivity contribution is 5.97. The first kappa shape index (κ1) is 20.0. The molecule has 0 spiro atoms. The van der Waals surface area contributed by atoms with Crippen molar-refractivity contribution in [1.29, 1.82) is 5.26 Å². The van der Waals surface area contributed by atoms with E-state index in [0.29, 0.717) is 0 Å². The van der Waals surface area contributed by atoms with Gasteiger partial charge in [0, 0.05) is 13.5 Å². The van der Waals surface area contributed by atoms with Gasteiger partial charge in [-0.25, -0.2) is 4.79 Å². The second-order valence-corrected chi connectivity index (χ2v) is 7.02. The number of benzene rings is 1. The lowest BCUT2D eigenvalue weighted by Crippen LogP contribution is -2.47. The number of carbonyl (C=O) groups is 2. The van der Waals surface area contributed by atoms with Gasteiger partial charge in [-0.05, 0) is 26.3 Å². The Morgan fingerprint density at radius 3 is 2.56 bits per heavy atom. The highest BCUT2D eigenvalue weighted by atomic mass is 16.6. The SMILES string of the molecule is Cn1ncc(C#N)c1NC(=O)C(Cc1ccccc1)NC(=O)OC(C)(C)C. The number of aryl methyl sites for hydroxylation is 1. The fraction of sp³-hybridized carbons (Fsp3) is 0.368. The molecule has 0 aliphatic rings. The summed E-state index contributed by atoms with van der Waals surface area (Å²) in [5.41, 5.74) is 0.425. The smallest absolute Gasteiger partial charge is 0.408 e. The number of ether oxygens (including phenoxy) is 1. The minimum atomic E-state index is -0.885. The third-order valence-corrected chi connectivity index (χ3v) is 3.59. The van der Waals surface area contributed by atoms with Gasteiger partial charge >= 0.3 is 6.09 Å². The maximum absolute atomic E-state index is 12.8. The first-order valence-corrected chi connectivity index (χ1v) is 8.46. The van der Waals surface area contributed by atoms with Crippen LogP contribution in [0.5, 0.6) is 0 Å². The van der Waals surface area contributed by atoms with Gasteiger partial charge in [-0.3, -0.25) is 9.48 Å². The van der Waals surface area contributed by atoms with E-state index in [2.05, 4.69) is 15.7 Å². The molecule has 2 amide bonds. The summed E-state index contributed by atoms with van der Waals surface area (Å²) in [4.78, 5) is 25.0. The minimum absolute atomic E-state index is 0.238. The number of alkyl carbamates (subject to hydrolysis) is 1. The molecule has 27 heavy (non-hydrogen) atoms. The van der Waals surface area contributed by atoms with E-state index >= 15 is 0 Å². The summed E-state index contributed by atoms with van der Waals surface area (Å²) in [6.45, 7) is 5.23. The van der Waals surface area contributed by atoms with Crippen LogP contribution in [0.25, 0.3) is 0 Å². The van der Waals surface area contributed by atoms with Crippen molar-refractivity contribution in [3.05, 3.63) is 47.7 Å². The maximum Gasteiger partial charge on any atom is 0.408 e. The van der Waals surface area contributed by atoms with Gasteiger partial charge < -0.3 is 15.4 Å². The topological polar surface area (TPSA) is 109 Å². The summed E-state index contributed by atoms with van der Waals surface area (Å²) in [6.07, 6.45) is 0.943. The number of aromatic nitrogens is 2. The molecule has 2 N–H and O–H groups in total. The number of nitrogens with one attached hydrogen (secondary N) is 2. The second-order valence-electron chi connectivity index (χ2n) is 7.02. The number of nitriles is 1. The number of rotatable bonds is 5. The van der Waals surface area contributed by atoms with Crippen molar-refractivity contribution >= 4 is 17.8 Å². The third kappa shape index (κ3) is 5.85. The first-order chi connectivity index (χ1) is 12.7. The third-order valence-electron chi connectivity index (χ3n) is 3.59. The molecule has 1 aromatic carbocycles. The average molecular weight is 369 g/mol. The molecule has 0 bridgehead atoms. The standard InChI is InChI=1S/C19H23N5O3/c1-19(2,3)27-18(26)22-15(10-13-8-6-5-7-9-13)17(25)23-16-14(11-20)12-21-24(16)4/h5-9,12,15H,10H2,1-4H3,(H,22,26)(H,23,25). The van der Waals surface area contributed by atoms with Crippen molar-refractivity contribution in [3.8, 4) is 6.07 Å². The number of hydrogen-bond donors (Lipinski definition) is 2. The molecule has 1 aromatic heterocycles. The van der Waals surface area contributed by atoms with Crippen LogP contribution in [0.3, 0.4) is 0 Å². The van der Waals surface area contributed by atoms with Gasteiger partial charge in [0.2, 0.25) is 5.91 Å². The van der Waals surface area contributed by atoms with E-state index in [1.165, 1.54) is 10.9 Å². The Morgan fingerprint density at radius 2 is 1.96 bits per heavy atom. The quantitative estimate of drug-likeness (QED) is 0.841. The molecular formula is C19H23N5O3. The van der Waals surface area contributed by atoms with E-state index in [1.54, 1.807) is 27.8 Å². The Labute approximate surface area is 158 Å². The predicted octanol–water partition coefficient (Wildman–Crippen LogP) is 2.37. The van der Waals surface area contributed by atoms with Crippen LogP contribution in [0.15, 0.2) is 36.5 Å². The monoisotopic (exact) mass is 369 g/mol. The Hall–Kier alpha value is -3.34. The first-order valence-electron chi connectivity index (χ1n) is 8.46. The van der Waals surface area contributed by atoms with Crippen LogP contribution >= 0.6 is 0 Å². The van der Waals surface area contributed by atoms with Crippen LogP contribution in [0.1, 0.15) is 31.9 Å². The van der Waals surface area contributed by atoms with Crippen molar-refractivity contribution in [1.82, 2.24) is 15.1 Å². The van der Waals surface area contributed by atoms with Crippen molar-refractivity contribution in [2.45, 2.75) is 38.8 Å². The molecule has 0 saturated carbocycles. The van der Waals surface area contributed by atoms with Crippen LogP contribution in [-0.2, 0) is 23.0 Å². The van der Waals surface area contributed by atoms with E-state index in [1.807, 2.05) is 36.4 Å². The van der Waals surface area contributed by atoms with Gasteiger partial charge in [-0.2, -0.15) is 10.4 Å². The van der Waals surface area contributed by atoms with Crippen molar-refractivity contribution < 1.29 is 14.3 Å². The molecule has 1 heterocycles. The van der Waals surface area contributed by atoms with Crippen LogP contribution < -0.4 is 10.6 Å². The van der Waals surface area contributed by atoms with E-state index < -0.39 is 23.6 Å². The van der Waals surface area contributed by atoms with E-state index in [0.717, 1.165) is 5.56 Å². The average Bonchev–Trinajstić information content (AvgIpc) is 2.93. The zero-order valence-corrected chi connectivity index (χ0v) is 15.8. The molecule has 8 heteroatoms. The van der Waals surface area contributed by atoms with Gasteiger partial charge in [-0.15, -0.1) is 0 Å². The molecular weight excluding hydrogens is 346 g/mol. The number of hydrogen-bond acceptors (Lipinski definition) is 5. The van der Waals surface area contributed by atoms with Crippen molar-refractivity contribution in [3.63, 3.8) is 0 Å². The largest absolute Gasteiger partial charge is 0.444 e. The maximum atomic E-state index is 12.8. The Bertz CT molecular complexity index is 846. The van der Waals surface area contributed by atoms with Crippen LogP contribution in [0.2, 0.25) is 0 Å².